The van der Waals surface area contributed by atoms with Gasteiger partial charge in [0.2, 0.25) is 5.91 Å². The summed E-state index contributed by atoms with van der Waals surface area (Å²) in [4.78, 5) is 15.1. The monoisotopic (exact) mass is 273 g/mol. The number of carbonyl (C=O) groups excluding carboxylic acids is 1. The first-order chi connectivity index (χ1) is 9.60. The molecule has 0 aliphatic carbocycles. The molecule has 1 amide bonds. The predicted octanol–water partition coefficient (Wildman–Crippen LogP) is -0.0578. The molecule has 0 radical (unpaired) electrons. The van der Waals surface area contributed by atoms with Crippen LogP contribution in [-0.2, 0) is 11.2 Å². The molecule has 1 aliphatic rings. The fourth-order valence-electron chi connectivity index (χ4n) is 2.43. The third kappa shape index (κ3) is 3.39. The first-order valence-corrected chi connectivity index (χ1v) is 6.61. The number of primary amides is 1. The number of piperazine rings is 1. The van der Waals surface area contributed by atoms with E-state index in [1.165, 1.54) is 0 Å². The second-order valence-electron chi connectivity index (χ2n) is 4.96. The molecule has 1 saturated heterocycles. The smallest absolute Gasteiger partial charge is 0.231 e. The van der Waals surface area contributed by atoms with Crippen LogP contribution in [0.3, 0.4) is 0 Å². The Morgan fingerprint density at radius 3 is 2.60 bits per heavy atom. The summed E-state index contributed by atoms with van der Waals surface area (Å²) in [6, 6.07) is 7.84. The topological polar surface area (TPSA) is 99.4 Å². The molecular weight excluding hydrogens is 254 g/mol. The number of benzene rings is 1. The molecule has 6 heteroatoms. The van der Waals surface area contributed by atoms with Crippen LogP contribution in [-0.4, -0.2) is 43.5 Å². The molecule has 0 spiro atoms. The van der Waals surface area contributed by atoms with Crippen LogP contribution >= 0.6 is 0 Å². The van der Waals surface area contributed by atoms with Crippen LogP contribution in [0.15, 0.2) is 18.2 Å². The van der Waals surface area contributed by atoms with E-state index in [1.807, 2.05) is 23.1 Å². The van der Waals surface area contributed by atoms with Crippen LogP contribution in [0.4, 0.5) is 11.4 Å². The van der Waals surface area contributed by atoms with Crippen LogP contribution < -0.4 is 16.4 Å². The van der Waals surface area contributed by atoms with Crippen molar-refractivity contribution in [3.63, 3.8) is 0 Å². The summed E-state index contributed by atoms with van der Waals surface area (Å²) in [5, 5.41) is 8.76. The quantitative estimate of drug-likeness (QED) is 0.749. The van der Waals surface area contributed by atoms with E-state index in [4.69, 9.17) is 16.7 Å². The molecular formula is C14H19N5O. The number of rotatable bonds is 4. The highest BCUT2D eigenvalue weighted by Gasteiger charge is 2.19. The standard InChI is InChI=1S/C14H19N5O/c15-4-3-11-1-2-12(16)13(9-11)19-7-5-18(6-8-19)10-14(17)20/h1-2,9H,3,5-8,10,16H2,(H2,17,20). The molecule has 1 aromatic carbocycles. The summed E-state index contributed by atoms with van der Waals surface area (Å²) >= 11 is 0. The highest BCUT2D eigenvalue weighted by atomic mass is 16.1. The Hall–Kier alpha value is -2.26. The second-order valence-corrected chi connectivity index (χ2v) is 4.96. The molecule has 0 saturated carbocycles. The van der Waals surface area contributed by atoms with Crippen molar-refractivity contribution < 1.29 is 4.79 Å². The average Bonchev–Trinajstić information content (AvgIpc) is 2.42. The lowest BCUT2D eigenvalue weighted by atomic mass is 10.1. The third-order valence-electron chi connectivity index (χ3n) is 3.47. The average molecular weight is 273 g/mol. The van der Waals surface area contributed by atoms with E-state index in [9.17, 15) is 4.79 Å². The summed E-state index contributed by atoms with van der Waals surface area (Å²) in [7, 11) is 0. The molecule has 0 atom stereocenters. The van der Waals surface area contributed by atoms with E-state index in [1.54, 1.807) is 0 Å². The van der Waals surface area contributed by atoms with Gasteiger partial charge in [0.1, 0.15) is 0 Å². The number of hydrogen-bond acceptors (Lipinski definition) is 5. The molecule has 1 aromatic rings. The van der Waals surface area contributed by atoms with Gasteiger partial charge in [0.15, 0.2) is 0 Å². The summed E-state index contributed by atoms with van der Waals surface area (Å²) in [6.07, 6.45) is 0.384. The fraction of sp³-hybridized carbons (Fsp3) is 0.429. The minimum absolute atomic E-state index is 0.297. The normalized spacial score (nSPS) is 15.8. The maximum atomic E-state index is 10.9. The van der Waals surface area contributed by atoms with Crippen LogP contribution in [0, 0.1) is 11.3 Å². The highest BCUT2D eigenvalue weighted by molar-refractivity contribution is 5.76. The molecule has 2 rings (SSSR count). The van der Waals surface area contributed by atoms with Gasteiger partial charge >= 0.3 is 0 Å². The molecule has 1 aliphatic heterocycles. The molecule has 0 unspecified atom stereocenters. The molecule has 6 nitrogen and oxygen atoms in total. The minimum Gasteiger partial charge on any atom is -0.397 e. The van der Waals surface area contributed by atoms with Crippen LogP contribution in [0.5, 0.6) is 0 Å². The van der Waals surface area contributed by atoms with E-state index in [0.717, 1.165) is 43.1 Å². The molecule has 0 bridgehead atoms. The van der Waals surface area contributed by atoms with Crippen molar-refractivity contribution in [3.05, 3.63) is 23.8 Å². The maximum absolute atomic E-state index is 10.9. The van der Waals surface area contributed by atoms with Gasteiger partial charge in [-0.05, 0) is 17.7 Å². The van der Waals surface area contributed by atoms with Crippen molar-refractivity contribution in [2.75, 3.05) is 43.4 Å². The van der Waals surface area contributed by atoms with E-state index in [-0.39, 0.29) is 5.91 Å². The SMILES string of the molecule is N#CCc1ccc(N)c(N2CCN(CC(N)=O)CC2)c1. The summed E-state index contributed by atoms with van der Waals surface area (Å²) < 4.78 is 0. The molecule has 0 aromatic heterocycles. The summed E-state index contributed by atoms with van der Waals surface area (Å²) in [5.74, 6) is -0.297. The number of nitrogens with zero attached hydrogens (tertiary/aromatic N) is 3. The van der Waals surface area contributed by atoms with Gasteiger partial charge in [-0.3, -0.25) is 9.69 Å². The van der Waals surface area contributed by atoms with Gasteiger partial charge in [0, 0.05) is 26.2 Å². The zero-order valence-corrected chi connectivity index (χ0v) is 11.4. The first kappa shape index (κ1) is 14.2. The Labute approximate surface area is 118 Å². The number of amides is 1. The van der Waals surface area contributed by atoms with E-state index in [2.05, 4.69) is 11.0 Å². The number of anilines is 2. The number of nitriles is 1. The largest absolute Gasteiger partial charge is 0.397 e. The second kappa shape index (κ2) is 6.26. The molecule has 1 fully saturated rings. The Bertz CT molecular complexity index is 529. The highest BCUT2D eigenvalue weighted by Crippen LogP contribution is 2.25. The minimum atomic E-state index is -0.297. The van der Waals surface area contributed by atoms with Gasteiger partial charge in [-0.1, -0.05) is 6.07 Å². The van der Waals surface area contributed by atoms with Crippen LogP contribution in [0.2, 0.25) is 0 Å². The Morgan fingerprint density at radius 2 is 2.00 bits per heavy atom. The van der Waals surface area contributed by atoms with Gasteiger partial charge in [-0.2, -0.15) is 5.26 Å². The maximum Gasteiger partial charge on any atom is 0.231 e. The van der Waals surface area contributed by atoms with Crippen molar-refractivity contribution in [1.82, 2.24) is 4.90 Å². The van der Waals surface area contributed by atoms with Crippen LogP contribution in [0.1, 0.15) is 5.56 Å². The number of carbonyl (C=O) groups is 1. The number of nitrogen functional groups attached to an aromatic ring is 1. The Balaban J connectivity index is 2.04. The van der Waals surface area contributed by atoms with E-state index >= 15 is 0 Å². The zero-order valence-electron chi connectivity index (χ0n) is 11.4. The lowest BCUT2D eigenvalue weighted by Crippen LogP contribution is -2.49. The van der Waals surface area contributed by atoms with Gasteiger partial charge in [-0.25, -0.2) is 0 Å². The Kier molecular flexibility index (Phi) is 4.43. The lowest BCUT2D eigenvalue weighted by Gasteiger charge is -2.36. The summed E-state index contributed by atoms with van der Waals surface area (Å²) in [6.45, 7) is 3.47. The number of hydrogen-bond donors (Lipinski definition) is 2. The van der Waals surface area contributed by atoms with Crippen molar-refractivity contribution >= 4 is 17.3 Å². The molecule has 1 heterocycles. The summed E-state index contributed by atoms with van der Waals surface area (Å²) in [5.41, 5.74) is 13.9. The van der Waals surface area contributed by atoms with E-state index < -0.39 is 0 Å². The van der Waals surface area contributed by atoms with Crippen molar-refractivity contribution in [3.8, 4) is 6.07 Å². The van der Waals surface area contributed by atoms with Crippen molar-refractivity contribution in [2.45, 2.75) is 6.42 Å². The third-order valence-corrected chi connectivity index (χ3v) is 3.47. The Morgan fingerprint density at radius 1 is 1.30 bits per heavy atom. The molecule has 4 N–H and O–H groups in total. The first-order valence-electron chi connectivity index (χ1n) is 6.61. The fourth-order valence-corrected chi connectivity index (χ4v) is 2.43. The van der Waals surface area contributed by atoms with Gasteiger partial charge in [0.05, 0.1) is 30.4 Å². The van der Waals surface area contributed by atoms with Gasteiger partial charge in [-0.15, -0.1) is 0 Å². The zero-order chi connectivity index (χ0) is 14.5. The van der Waals surface area contributed by atoms with Gasteiger partial charge < -0.3 is 16.4 Å². The van der Waals surface area contributed by atoms with Crippen molar-refractivity contribution in [1.29, 1.82) is 5.26 Å². The van der Waals surface area contributed by atoms with Gasteiger partial charge in [0.25, 0.3) is 0 Å². The number of nitrogens with two attached hydrogens (primary N) is 2. The van der Waals surface area contributed by atoms with E-state index in [0.29, 0.717) is 13.0 Å². The van der Waals surface area contributed by atoms with Crippen molar-refractivity contribution in [2.24, 2.45) is 5.73 Å². The molecule has 20 heavy (non-hydrogen) atoms. The predicted molar refractivity (Wildman–Crippen MR) is 78.0 cm³/mol. The van der Waals surface area contributed by atoms with Crippen LogP contribution in [0.25, 0.3) is 0 Å². The molecule has 106 valence electrons. The lowest BCUT2D eigenvalue weighted by molar-refractivity contribution is -0.119.